The van der Waals surface area contributed by atoms with Crippen LogP contribution in [-0.4, -0.2) is 118 Å². The second-order valence-electron chi connectivity index (χ2n) is 44.6. The molecule has 20 aliphatic carbocycles. The van der Waals surface area contributed by atoms with Crippen LogP contribution in [0.25, 0.3) is 0 Å². The molecule has 20 saturated carbocycles. The molecule has 123 heavy (non-hydrogen) atoms. The van der Waals surface area contributed by atoms with E-state index in [-0.39, 0.29) is 60.2 Å². The van der Waals surface area contributed by atoms with Crippen LogP contribution in [0.1, 0.15) is 203 Å². The van der Waals surface area contributed by atoms with Crippen LogP contribution in [0.15, 0.2) is 0 Å². The van der Waals surface area contributed by atoms with Crippen molar-refractivity contribution in [3.8, 4) is 0 Å². The Kier molecular flexibility index (Phi) is 31.3. The maximum Gasteiger partial charge on any atom is 0.497 e. The first kappa shape index (κ1) is 103. The second kappa shape index (κ2) is 37.3. The van der Waals surface area contributed by atoms with Gasteiger partial charge >= 0.3 is 23.6 Å². The van der Waals surface area contributed by atoms with Gasteiger partial charge in [-0.25, -0.2) is 52.7 Å². The Morgan fingerprint density at radius 3 is 0.756 bits per heavy atom. The van der Waals surface area contributed by atoms with Crippen molar-refractivity contribution in [2.45, 2.75) is 273 Å². The van der Waals surface area contributed by atoms with Crippen LogP contribution >= 0.6 is 33.2 Å². The number of hydrogen-bond acceptors (Lipinski definition) is 10. The fraction of sp³-hybridized carbons (Fsp3) is 0.956. The van der Waals surface area contributed by atoms with Gasteiger partial charge in [-0.3, -0.25) is 0 Å². The quantitative estimate of drug-likeness (QED) is 0.0366. The summed E-state index contributed by atoms with van der Waals surface area (Å²) in [6.07, 6.45) is 1.72. The van der Waals surface area contributed by atoms with Gasteiger partial charge in [0.25, 0.3) is 24.7 Å². The van der Waals surface area contributed by atoms with Crippen molar-refractivity contribution in [2.24, 2.45) is 224 Å². The molecule has 0 amide bonds. The van der Waals surface area contributed by atoms with Crippen LogP contribution in [0.3, 0.4) is 0 Å². The zero-order chi connectivity index (χ0) is 87.4. The maximum atomic E-state index is 12.8. The van der Waals surface area contributed by atoms with E-state index in [0.29, 0.717) is 90.8 Å². The third-order valence-corrected chi connectivity index (χ3v) is 41.4. The zero-order valence-corrected chi connectivity index (χ0v) is 108. The number of halogens is 15. The number of aliphatic hydroxyl groups excluding tert-OH is 4. The van der Waals surface area contributed by atoms with E-state index >= 15 is 0 Å². The summed E-state index contributed by atoms with van der Waals surface area (Å²) in [5.41, 5.74) is 0.320. The first-order valence-corrected chi connectivity index (χ1v) is 60.3. The summed E-state index contributed by atoms with van der Waals surface area (Å²) >= 11 is 15.6. The summed E-state index contributed by atoms with van der Waals surface area (Å²) < 4.78 is 184. The topological polar surface area (TPSA) is 136 Å². The Morgan fingerprint density at radius 1 is 0.309 bits per heavy atom. The minimum absolute atomic E-state index is 0. The van der Waals surface area contributed by atoms with Crippen molar-refractivity contribution in [3.05, 3.63) is 24.4 Å². The molecule has 10 nitrogen and oxygen atoms in total. The molecule has 0 saturated heterocycles. The van der Waals surface area contributed by atoms with Gasteiger partial charge in [0.05, 0.1) is 0 Å². The minimum atomic E-state index is -4.54. The Labute approximate surface area is 722 Å². The van der Waals surface area contributed by atoms with Crippen LogP contribution in [0.2, 0.25) is 45.8 Å². The Balaban J connectivity index is 0.000000167. The smallest absolute Gasteiger partial charge is 0.497 e. The van der Waals surface area contributed by atoms with Crippen LogP contribution < -0.4 is 0 Å². The average molecular weight is 2900 g/mol. The molecule has 4 N–H and O–H groups in total. The van der Waals surface area contributed by atoms with Crippen molar-refractivity contribution < 1.29 is 99.7 Å². The van der Waals surface area contributed by atoms with Gasteiger partial charge in [-0.05, 0) is 356 Å². The summed E-state index contributed by atoms with van der Waals surface area (Å²) in [7, 11) is -0.284. The molecule has 0 radical (unpaired) electrons. The summed E-state index contributed by atoms with van der Waals surface area (Å²) in [5.74, 6) is 24.8. The Morgan fingerprint density at radius 2 is 0.528 bits per heavy atom. The molecule has 20 fully saturated rings. The number of hydrogen-bond donors (Lipinski definition) is 4. The van der Waals surface area contributed by atoms with E-state index in [1.54, 1.807) is 27.9 Å². The summed E-state index contributed by atoms with van der Waals surface area (Å²) in [5, 5.41) is 37.8. The molecule has 698 valence electrons. The molecule has 0 aromatic carbocycles. The van der Waals surface area contributed by atoms with Crippen molar-refractivity contribution in [1.29, 1.82) is 0 Å². The minimum Gasteiger partial charge on any atom is -0.554 e. The summed E-state index contributed by atoms with van der Waals surface area (Å²) in [6, 6.07) is -2.19. The van der Waals surface area contributed by atoms with Crippen molar-refractivity contribution in [1.82, 2.24) is 0 Å². The van der Waals surface area contributed by atoms with Crippen LogP contribution in [0.4, 0.5) is 52.7 Å². The van der Waals surface area contributed by atoms with Crippen LogP contribution in [0.5, 0.6) is 0 Å². The Hall–Kier alpha value is -3.50. The van der Waals surface area contributed by atoms with E-state index in [4.69, 9.17) is 59.8 Å². The molecular weight excluding hydrogens is 2760 g/mol. The number of rotatable bonds is 17. The largest absolute Gasteiger partial charge is 0.554 e. The molecule has 20 bridgehead atoms. The first-order chi connectivity index (χ1) is 55.1. The first-order valence-electron chi connectivity index (χ1n) is 46.3. The number of alkyl halides is 12. The monoisotopic (exact) mass is 2900 g/mol. The van der Waals surface area contributed by atoms with Gasteiger partial charge in [-0.2, -0.15) is 0 Å². The molecule has 0 heterocycles. The van der Waals surface area contributed by atoms with Crippen molar-refractivity contribution >= 4 is 64.9 Å². The predicted octanol–water partition coefficient (Wildman–Crippen LogP) is 26.1. The van der Waals surface area contributed by atoms with E-state index in [2.05, 4.69) is 53.9 Å². The molecule has 0 aliphatic heterocycles. The number of fused-ring (bicyclic) bond motifs is 50. The van der Waals surface area contributed by atoms with Crippen LogP contribution in [-0.2, 0) is 26.6 Å². The van der Waals surface area contributed by atoms with Gasteiger partial charge in [0.1, 0.15) is 0 Å². The SMILES string of the molecule is CC1(C)C2CC(C[C-](O)C(F)(F)F)C1C1C3CCC(C3)C12.CC1(C)C2CC(C[C-](O)C(F)(F)F)C1C1C3CCC(C3)C12.CCO[Si](C)(OCC)OCC.CO[Si](C)(OC)OC.C[Si](C)(C)C.C[Si](Cl)(Cl)Cl.O[C-](CC1CC2CC1C1C3CC(C4C5CCC(C5)C34)C21)C(F)(F)F.O[C-](CC1CC2CC1C1C3CC(C4C5CCC(C5)C34)C21)C(F)(F)F.[Rf].[Rf].[Rf].[Rf]. The molecule has 0 aromatic rings. The third-order valence-electron chi connectivity index (χ3n) is 36.7. The normalized spacial score (nSPS) is 43.2. The molecule has 36 atom stereocenters. The van der Waals surface area contributed by atoms with E-state index in [1.807, 2.05) is 33.9 Å². The standard InChI is InChI=1S/2C20H26F3O.2C17H24F3O.C7H18O3Si.C4H12O3Si.C4H12Si.CH3Cl3Si.4Rf/c2*21-20(22,23)15(24)6-10-4-11-5-12(10)19-14-7-13(18(11)19)16-8-1-2-9(3-8)17(14)16;2*1-16(2)11-6-10(7-12(21)17(18,19)20)15(16)14-9-4-3-8(5-9)13(11)14;1-5-8-11(4,9-6-2)10-7-3;1-5-8(4,6-2)7-3;2*1-5(2,3)4;;;;/h2*8-14,16-19,24H,1-7H2;2*8-11,13-15,21H,3-7H2,1-2H3;5-7H2,1-4H3;1-4H3;1-4H3;1H3;;;;/q4*-1;;;;;;;;. The second-order valence-corrected chi connectivity index (χ2v) is 66.3. The van der Waals surface area contributed by atoms with Gasteiger partial charge in [0, 0.05) is 62.3 Å². The fourth-order valence-electron chi connectivity index (χ4n) is 34.6. The Bertz CT molecular complexity index is 3170. The molecule has 20 aliphatic rings. The van der Waals surface area contributed by atoms with Crippen molar-refractivity contribution in [3.63, 3.8) is 0 Å². The number of aliphatic hydroxyl groups is 4. The van der Waals surface area contributed by atoms with Gasteiger partial charge in [-0.15, -0.1) is 58.9 Å². The van der Waals surface area contributed by atoms with E-state index in [9.17, 15) is 73.1 Å². The van der Waals surface area contributed by atoms with Crippen molar-refractivity contribution in [2.75, 3.05) is 41.2 Å². The van der Waals surface area contributed by atoms with Gasteiger partial charge < -0.3 is 47.0 Å². The van der Waals surface area contributed by atoms with Gasteiger partial charge in [0.2, 0.25) is 0 Å². The molecule has 20 rings (SSSR count). The van der Waals surface area contributed by atoms with E-state index in [0.717, 1.165) is 157 Å². The molecule has 33 heteroatoms. The fourth-order valence-corrected chi connectivity index (χ4v) is 36.9. The van der Waals surface area contributed by atoms with E-state index in [1.165, 1.54) is 89.9 Å². The molecule has 0 spiro atoms. The third kappa shape index (κ3) is 19.7. The average Bonchev–Trinajstić information content (AvgIpc) is 1.54. The summed E-state index contributed by atoms with van der Waals surface area (Å²) in [4.78, 5) is 0. The van der Waals surface area contributed by atoms with Crippen LogP contribution in [0, 0.1) is 248 Å². The summed E-state index contributed by atoms with van der Waals surface area (Å²) in [6.45, 7) is 31.6. The predicted molar refractivity (Wildman–Crippen MR) is 446 cm³/mol. The van der Waals surface area contributed by atoms with E-state index < -0.39 is 80.8 Å². The van der Waals surface area contributed by atoms with Gasteiger partial charge in [0.15, 0.2) is 0 Å². The maximum absolute atomic E-state index is 12.8. The molecular formula is C90H145Cl3F12O10Rf4Si4-4. The van der Waals surface area contributed by atoms with Gasteiger partial charge in [-0.1, -0.05) is 102 Å². The zero-order valence-electron chi connectivity index (χ0n) is 76.6. The molecule has 0 aromatic heterocycles. The molecule has 36 unspecified atom stereocenters.